The van der Waals surface area contributed by atoms with Crippen LogP contribution in [0.3, 0.4) is 0 Å². The molecule has 0 aliphatic carbocycles. The van der Waals surface area contributed by atoms with E-state index in [2.05, 4.69) is 13.8 Å². The maximum absolute atomic E-state index is 12.0. The number of Topliss-reactive ketones (excluding diaryl/α,β-unsaturated/α-hetero) is 1. The van der Waals surface area contributed by atoms with Gasteiger partial charge in [-0.15, -0.1) is 0 Å². The zero-order chi connectivity index (χ0) is 16.7. The van der Waals surface area contributed by atoms with Gasteiger partial charge in [-0.25, -0.2) is 0 Å². The Bertz CT molecular complexity index is 494. The van der Waals surface area contributed by atoms with Crippen LogP contribution >= 0.6 is 0 Å². The third-order valence-corrected chi connectivity index (χ3v) is 4.02. The van der Waals surface area contributed by atoms with Crippen molar-refractivity contribution in [1.29, 1.82) is 0 Å². The van der Waals surface area contributed by atoms with Gasteiger partial charge in [0.25, 0.3) is 0 Å². The molecule has 4 heteroatoms. The Labute approximate surface area is 133 Å². The zero-order valence-electron chi connectivity index (χ0n) is 14.1. The average Bonchev–Trinajstić information content (AvgIpc) is 2.49. The zero-order valence-corrected chi connectivity index (χ0v) is 14.1. The van der Waals surface area contributed by atoms with Gasteiger partial charge in [-0.3, -0.25) is 9.59 Å². The van der Waals surface area contributed by atoms with E-state index in [0.29, 0.717) is 18.0 Å². The Morgan fingerprint density at radius 2 is 1.73 bits per heavy atom. The number of carbonyl (C=O) groups excluding carboxylic acids is 2. The summed E-state index contributed by atoms with van der Waals surface area (Å²) in [5, 5.41) is 0. The molecule has 22 heavy (non-hydrogen) atoms. The van der Waals surface area contributed by atoms with Crippen molar-refractivity contribution < 1.29 is 9.59 Å². The third kappa shape index (κ3) is 5.98. The molecule has 4 nitrogen and oxygen atoms in total. The largest absolute Gasteiger partial charge is 0.346 e. The van der Waals surface area contributed by atoms with Gasteiger partial charge in [-0.2, -0.15) is 0 Å². The summed E-state index contributed by atoms with van der Waals surface area (Å²) in [5.74, 6) is 0.420. The molecule has 0 spiro atoms. The molecule has 1 aromatic rings. The van der Waals surface area contributed by atoms with Gasteiger partial charge in [0.2, 0.25) is 5.91 Å². The lowest BCUT2D eigenvalue weighted by Crippen LogP contribution is -2.34. The quantitative estimate of drug-likeness (QED) is 0.751. The second kappa shape index (κ2) is 8.69. The highest BCUT2D eigenvalue weighted by Crippen LogP contribution is 2.09. The molecular weight excluding hydrogens is 276 g/mol. The molecule has 0 aliphatic rings. The standard InChI is InChI=1S/C18H28N2O2/c1-13(2)16(19)11-12-20(4)18(22)10-9-17(21)15-7-5-14(3)6-8-15/h5-8,13,16H,9-12,19H2,1-4H3. The van der Waals surface area contributed by atoms with E-state index in [4.69, 9.17) is 5.73 Å². The maximum Gasteiger partial charge on any atom is 0.222 e. The van der Waals surface area contributed by atoms with Gasteiger partial charge in [0.1, 0.15) is 0 Å². The number of benzene rings is 1. The summed E-state index contributed by atoms with van der Waals surface area (Å²) in [6, 6.07) is 7.55. The van der Waals surface area contributed by atoms with Gasteiger partial charge in [0.15, 0.2) is 5.78 Å². The SMILES string of the molecule is Cc1ccc(C(=O)CCC(=O)N(C)CCC(N)C(C)C)cc1. The Kier molecular flexibility index (Phi) is 7.25. The number of hydrogen-bond acceptors (Lipinski definition) is 3. The molecule has 122 valence electrons. The Morgan fingerprint density at radius 3 is 2.27 bits per heavy atom. The minimum atomic E-state index is -0.00332. The van der Waals surface area contributed by atoms with E-state index in [1.54, 1.807) is 11.9 Å². The second-order valence-electron chi connectivity index (χ2n) is 6.30. The van der Waals surface area contributed by atoms with Crippen LogP contribution in [0.15, 0.2) is 24.3 Å². The van der Waals surface area contributed by atoms with Gasteiger partial charge in [-0.1, -0.05) is 43.7 Å². The first kappa shape index (κ1) is 18.4. The van der Waals surface area contributed by atoms with Gasteiger partial charge in [0, 0.05) is 38.0 Å². The fourth-order valence-corrected chi connectivity index (χ4v) is 2.10. The van der Waals surface area contributed by atoms with Crippen LogP contribution in [0.4, 0.5) is 0 Å². The highest BCUT2D eigenvalue weighted by atomic mass is 16.2. The van der Waals surface area contributed by atoms with Crippen molar-refractivity contribution in [1.82, 2.24) is 4.90 Å². The minimum Gasteiger partial charge on any atom is -0.346 e. The first-order valence-electron chi connectivity index (χ1n) is 7.90. The number of carbonyl (C=O) groups is 2. The topological polar surface area (TPSA) is 63.4 Å². The molecule has 0 heterocycles. The lowest BCUT2D eigenvalue weighted by Gasteiger charge is -2.21. The van der Waals surface area contributed by atoms with Crippen LogP contribution in [0.2, 0.25) is 0 Å². The molecule has 2 N–H and O–H groups in total. The molecule has 1 atom stereocenters. The van der Waals surface area contributed by atoms with E-state index in [0.717, 1.165) is 12.0 Å². The van der Waals surface area contributed by atoms with Crippen molar-refractivity contribution in [2.24, 2.45) is 11.7 Å². The van der Waals surface area contributed by atoms with Crippen molar-refractivity contribution in [2.75, 3.05) is 13.6 Å². The van der Waals surface area contributed by atoms with E-state index in [-0.39, 0.29) is 30.6 Å². The molecular formula is C18H28N2O2. The summed E-state index contributed by atoms with van der Waals surface area (Å²) in [6.07, 6.45) is 1.29. The highest BCUT2D eigenvalue weighted by Gasteiger charge is 2.14. The molecule has 0 aliphatic heterocycles. The molecule has 0 saturated heterocycles. The predicted molar refractivity (Wildman–Crippen MR) is 89.8 cm³/mol. The van der Waals surface area contributed by atoms with E-state index >= 15 is 0 Å². The number of amides is 1. The molecule has 0 saturated carbocycles. The summed E-state index contributed by atoms with van der Waals surface area (Å²) in [4.78, 5) is 25.8. The van der Waals surface area contributed by atoms with Crippen LogP contribution in [0.1, 0.15) is 49.0 Å². The van der Waals surface area contributed by atoms with Crippen molar-refractivity contribution in [3.63, 3.8) is 0 Å². The van der Waals surface area contributed by atoms with Gasteiger partial charge < -0.3 is 10.6 Å². The van der Waals surface area contributed by atoms with E-state index in [9.17, 15) is 9.59 Å². The Balaban J connectivity index is 2.38. The smallest absolute Gasteiger partial charge is 0.222 e. The monoisotopic (exact) mass is 304 g/mol. The predicted octanol–water partition coefficient (Wildman–Crippen LogP) is 2.79. The fourth-order valence-electron chi connectivity index (χ4n) is 2.10. The molecule has 1 rings (SSSR count). The van der Waals surface area contributed by atoms with Crippen molar-refractivity contribution in [3.05, 3.63) is 35.4 Å². The fraction of sp³-hybridized carbons (Fsp3) is 0.556. The molecule has 0 aromatic heterocycles. The number of rotatable bonds is 8. The van der Waals surface area contributed by atoms with Gasteiger partial charge in [-0.05, 0) is 19.3 Å². The normalized spacial score (nSPS) is 12.3. The van der Waals surface area contributed by atoms with Crippen molar-refractivity contribution in [2.45, 2.75) is 46.1 Å². The van der Waals surface area contributed by atoms with Crippen LogP contribution in [-0.2, 0) is 4.79 Å². The van der Waals surface area contributed by atoms with Crippen molar-refractivity contribution in [3.8, 4) is 0 Å². The summed E-state index contributed by atoms with van der Waals surface area (Å²) in [6.45, 7) is 6.77. The first-order chi connectivity index (χ1) is 10.3. The summed E-state index contributed by atoms with van der Waals surface area (Å²) in [5.41, 5.74) is 7.77. The summed E-state index contributed by atoms with van der Waals surface area (Å²) >= 11 is 0. The summed E-state index contributed by atoms with van der Waals surface area (Å²) in [7, 11) is 1.77. The molecule has 0 bridgehead atoms. The maximum atomic E-state index is 12.0. The second-order valence-corrected chi connectivity index (χ2v) is 6.30. The lowest BCUT2D eigenvalue weighted by atomic mass is 10.0. The number of hydrogen-bond donors (Lipinski definition) is 1. The van der Waals surface area contributed by atoms with E-state index in [1.165, 1.54) is 0 Å². The van der Waals surface area contributed by atoms with Gasteiger partial charge >= 0.3 is 0 Å². The van der Waals surface area contributed by atoms with Crippen LogP contribution in [-0.4, -0.2) is 36.2 Å². The van der Waals surface area contributed by atoms with Gasteiger partial charge in [0.05, 0.1) is 0 Å². The van der Waals surface area contributed by atoms with Crippen LogP contribution in [0, 0.1) is 12.8 Å². The van der Waals surface area contributed by atoms with Crippen LogP contribution in [0.25, 0.3) is 0 Å². The molecule has 0 fully saturated rings. The highest BCUT2D eigenvalue weighted by molar-refractivity contribution is 5.97. The van der Waals surface area contributed by atoms with Crippen LogP contribution < -0.4 is 5.73 Å². The molecule has 1 aromatic carbocycles. The van der Waals surface area contributed by atoms with Crippen LogP contribution in [0.5, 0.6) is 0 Å². The number of ketones is 1. The number of aryl methyl sites for hydroxylation is 1. The Morgan fingerprint density at radius 1 is 1.14 bits per heavy atom. The average molecular weight is 304 g/mol. The number of nitrogens with two attached hydrogens (primary N) is 1. The van der Waals surface area contributed by atoms with Crippen molar-refractivity contribution >= 4 is 11.7 Å². The van der Waals surface area contributed by atoms with E-state index < -0.39 is 0 Å². The summed E-state index contributed by atoms with van der Waals surface area (Å²) < 4.78 is 0. The molecule has 1 amide bonds. The Hall–Kier alpha value is -1.68. The number of nitrogens with zero attached hydrogens (tertiary/aromatic N) is 1. The lowest BCUT2D eigenvalue weighted by molar-refractivity contribution is -0.129. The third-order valence-electron chi connectivity index (χ3n) is 4.02. The van der Waals surface area contributed by atoms with E-state index in [1.807, 2.05) is 31.2 Å². The minimum absolute atomic E-state index is 0.00332. The first-order valence-corrected chi connectivity index (χ1v) is 7.90. The molecule has 1 unspecified atom stereocenters. The molecule has 0 radical (unpaired) electrons.